The smallest absolute Gasteiger partial charge is 0.323 e. The first kappa shape index (κ1) is 12.4. The van der Waals surface area contributed by atoms with E-state index < -0.39 is 6.03 Å². The first-order chi connectivity index (χ1) is 9.74. The highest BCUT2D eigenvalue weighted by molar-refractivity contribution is 6.34. The molecule has 2 heterocycles. The van der Waals surface area contributed by atoms with Gasteiger partial charge in [0.05, 0.1) is 18.0 Å². The molecule has 0 saturated carbocycles. The molecule has 0 radical (unpaired) electrons. The van der Waals surface area contributed by atoms with E-state index in [0.29, 0.717) is 22.4 Å². The van der Waals surface area contributed by atoms with Crippen molar-refractivity contribution in [1.82, 2.24) is 15.0 Å². The zero-order chi connectivity index (χ0) is 13.9. The van der Waals surface area contributed by atoms with Crippen molar-refractivity contribution in [2.75, 3.05) is 10.6 Å². The minimum atomic E-state index is -0.407. The number of imidazole rings is 1. The summed E-state index contributed by atoms with van der Waals surface area (Å²) in [6.07, 6.45) is 3.08. The van der Waals surface area contributed by atoms with E-state index in [0.717, 1.165) is 0 Å². The molecular formula is C13H10ClN5O. The van der Waals surface area contributed by atoms with Crippen LogP contribution in [0.2, 0.25) is 5.15 Å². The van der Waals surface area contributed by atoms with Crippen molar-refractivity contribution < 1.29 is 4.79 Å². The van der Waals surface area contributed by atoms with Gasteiger partial charge in [0.1, 0.15) is 11.2 Å². The predicted molar refractivity (Wildman–Crippen MR) is 78.0 cm³/mol. The normalized spacial score (nSPS) is 10.4. The molecule has 0 fully saturated rings. The van der Waals surface area contributed by atoms with Gasteiger partial charge in [0, 0.05) is 5.69 Å². The Bertz CT molecular complexity index is 756. The van der Waals surface area contributed by atoms with Crippen LogP contribution in [-0.2, 0) is 0 Å². The number of nitrogens with one attached hydrogen (secondary N) is 3. The highest BCUT2D eigenvalue weighted by atomic mass is 35.5. The quantitative estimate of drug-likeness (QED) is 0.633. The maximum atomic E-state index is 12.0. The fourth-order valence-electron chi connectivity index (χ4n) is 1.79. The van der Waals surface area contributed by atoms with Crippen molar-refractivity contribution in [1.29, 1.82) is 0 Å². The summed E-state index contributed by atoms with van der Waals surface area (Å²) in [6, 6.07) is 8.70. The molecule has 3 aromatic rings. The summed E-state index contributed by atoms with van der Waals surface area (Å²) < 4.78 is 0. The van der Waals surface area contributed by atoms with E-state index in [1.807, 2.05) is 18.2 Å². The maximum absolute atomic E-state index is 12.0. The monoisotopic (exact) mass is 287 g/mol. The highest BCUT2D eigenvalue weighted by Crippen LogP contribution is 2.26. The predicted octanol–water partition coefficient (Wildman–Crippen LogP) is 3.26. The van der Waals surface area contributed by atoms with Gasteiger partial charge in [0.15, 0.2) is 5.15 Å². The SMILES string of the molecule is O=C(Nc1ccccc1)Nc1c(Cl)ncc2[nH]cnc12. The van der Waals surface area contributed by atoms with Crippen LogP contribution in [0.25, 0.3) is 11.0 Å². The zero-order valence-corrected chi connectivity index (χ0v) is 11.0. The summed E-state index contributed by atoms with van der Waals surface area (Å²) in [5.74, 6) is 0. The molecule has 2 aromatic heterocycles. The number of pyridine rings is 1. The fraction of sp³-hybridized carbons (Fsp3) is 0. The van der Waals surface area contributed by atoms with Crippen molar-refractivity contribution >= 4 is 40.0 Å². The van der Waals surface area contributed by atoms with Crippen LogP contribution in [0.5, 0.6) is 0 Å². The van der Waals surface area contributed by atoms with Crippen LogP contribution in [0.1, 0.15) is 0 Å². The summed E-state index contributed by atoms with van der Waals surface area (Å²) >= 11 is 6.00. The number of para-hydroxylation sites is 1. The number of amides is 2. The number of hydrogen-bond donors (Lipinski definition) is 3. The Morgan fingerprint density at radius 1 is 1.15 bits per heavy atom. The molecule has 3 N–H and O–H groups in total. The Kier molecular flexibility index (Phi) is 3.22. The van der Waals surface area contributed by atoms with E-state index in [1.54, 1.807) is 18.3 Å². The average molecular weight is 288 g/mol. The average Bonchev–Trinajstić information content (AvgIpc) is 2.92. The molecule has 6 nitrogen and oxygen atoms in total. The topological polar surface area (TPSA) is 82.7 Å². The molecule has 0 bridgehead atoms. The Balaban J connectivity index is 1.84. The third-order valence-electron chi connectivity index (χ3n) is 2.69. The second-order valence-electron chi connectivity index (χ2n) is 4.03. The van der Waals surface area contributed by atoms with Gasteiger partial charge in [-0.2, -0.15) is 0 Å². The number of urea groups is 1. The van der Waals surface area contributed by atoms with Gasteiger partial charge in [-0.3, -0.25) is 0 Å². The number of carbonyl (C=O) groups is 1. The highest BCUT2D eigenvalue weighted by Gasteiger charge is 2.12. The molecule has 0 aliphatic rings. The van der Waals surface area contributed by atoms with E-state index in [9.17, 15) is 4.79 Å². The molecule has 100 valence electrons. The lowest BCUT2D eigenvalue weighted by atomic mass is 10.3. The maximum Gasteiger partial charge on any atom is 0.323 e. The molecule has 0 aliphatic heterocycles. The lowest BCUT2D eigenvalue weighted by molar-refractivity contribution is 0.262. The standard InChI is InChI=1S/C13H10ClN5O/c14-12-11(10-9(6-15-12)16-7-17-10)19-13(20)18-8-4-2-1-3-5-8/h1-7H,(H,16,17)(H2,18,19,20). The lowest BCUT2D eigenvalue weighted by Gasteiger charge is -2.08. The first-order valence-electron chi connectivity index (χ1n) is 5.84. The van der Waals surface area contributed by atoms with Crippen molar-refractivity contribution in [3.8, 4) is 0 Å². The molecule has 3 rings (SSSR count). The Morgan fingerprint density at radius 3 is 2.75 bits per heavy atom. The number of benzene rings is 1. The van der Waals surface area contributed by atoms with Gasteiger partial charge in [-0.25, -0.2) is 14.8 Å². The van der Waals surface area contributed by atoms with Crippen molar-refractivity contribution in [2.45, 2.75) is 0 Å². The number of carbonyl (C=O) groups excluding carboxylic acids is 1. The molecule has 0 spiro atoms. The fourth-order valence-corrected chi connectivity index (χ4v) is 1.98. The van der Waals surface area contributed by atoms with Gasteiger partial charge >= 0.3 is 6.03 Å². The molecule has 2 amide bonds. The molecule has 0 aliphatic carbocycles. The van der Waals surface area contributed by atoms with Crippen LogP contribution < -0.4 is 10.6 Å². The van der Waals surface area contributed by atoms with E-state index in [4.69, 9.17) is 11.6 Å². The largest absolute Gasteiger partial charge is 0.343 e. The van der Waals surface area contributed by atoms with Gasteiger partial charge < -0.3 is 15.6 Å². The molecule has 7 heteroatoms. The first-order valence-corrected chi connectivity index (χ1v) is 6.22. The van der Waals surface area contributed by atoms with Crippen LogP contribution in [0, 0.1) is 0 Å². The molecule has 0 atom stereocenters. The van der Waals surface area contributed by atoms with Gasteiger partial charge in [0.2, 0.25) is 0 Å². The van der Waals surface area contributed by atoms with Crippen molar-refractivity contribution in [3.05, 3.63) is 48.0 Å². The Morgan fingerprint density at radius 2 is 1.95 bits per heavy atom. The zero-order valence-electron chi connectivity index (χ0n) is 10.2. The van der Waals surface area contributed by atoms with Crippen LogP contribution >= 0.6 is 11.6 Å². The van der Waals surface area contributed by atoms with Crippen molar-refractivity contribution in [3.63, 3.8) is 0 Å². The van der Waals surface area contributed by atoms with Crippen LogP contribution in [-0.4, -0.2) is 21.0 Å². The Labute approximate surface area is 119 Å². The number of halogens is 1. The summed E-state index contributed by atoms with van der Waals surface area (Å²) in [5.41, 5.74) is 2.32. The lowest BCUT2D eigenvalue weighted by Crippen LogP contribution is -2.20. The minimum Gasteiger partial charge on any atom is -0.343 e. The molecule has 0 saturated heterocycles. The molecular weight excluding hydrogens is 278 g/mol. The molecule has 20 heavy (non-hydrogen) atoms. The molecule has 0 unspecified atom stereocenters. The van der Waals surface area contributed by atoms with E-state index in [-0.39, 0.29) is 5.15 Å². The third kappa shape index (κ3) is 2.41. The van der Waals surface area contributed by atoms with Gasteiger partial charge in [-0.1, -0.05) is 29.8 Å². The van der Waals surface area contributed by atoms with Gasteiger partial charge in [-0.15, -0.1) is 0 Å². The second kappa shape index (κ2) is 5.18. The number of fused-ring (bicyclic) bond motifs is 1. The Hall–Kier alpha value is -2.60. The van der Waals surface area contributed by atoms with Gasteiger partial charge in [-0.05, 0) is 12.1 Å². The summed E-state index contributed by atoms with van der Waals surface area (Å²) in [7, 11) is 0. The third-order valence-corrected chi connectivity index (χ3v) is 2.98. The number of aromatic nitrogens is 3. The van der Waals surface area contributed by atoms with E-state index in [2.05, 4.69) is 25.6 Å². The summed E-state index contributed by atoms with van der Waals surface area (Å²) in [4.78, 5) is 23.0. The number of anilines is 2. The number of aromatic amines is 1. The number of nitrogens with zero attached hydrogens (tertiary/aromatic N) is 2. The van der Waals surface area contributed by atoms with Crippen LogP contribution in [0.3, 0.4) is 0 Å². The van der Waals surface area contributed by atoms with Crippen LogP contribution in [0.4, 0.5) is 16.2 Å². The summed E-state index contributed by atoms with van der Waals surface area (Å²) in [5, 5.41) is 5.55. The molecule has 1 aromatic carbocycles. The number of hydrogen-bond acceptors (Lipinski definition) is 3. The number of H-pyrrole nitrogens is 1. The second-order valence-corrected chi connectivity index (χ2v) is 4.39. The number of rotatable bonds is 2. The van der Waals surface area contributed by atoms with Gasteiger partial charge in [0.25, 0.3) is 0 Å². The van der Waals surface area contributed by atoms with Crippen molar-refractivity contribution in [2.24, 2.45) is 0 Å². The van der Waals surface area contributed by atoms with E-state index >= 15 is 0 Å². The van der Waals surface area contributed by atoms with E-state index in [1.165, 1.54) is 6.33 Å². The minimum absolute atomic E-state index is 0.188. The summed E-state index contributed by atoms with van der Waals surface area (Å²) in [6.45, 7) is 0. The van der Waals surface area contributed by atoms with Crippen LogP contribution in [0.15, 0.2) is 42.9 Å².